The molecule has 11 heteroatoms. The second kappa shape index (κ2) is 13.0. The Kier molecular flexibility index (Phi) is 9.44. The van der Waals surface area contributed by atoms with Gasteiger partial charge in [-0.2, -0.15) is 0 Å². The molecule has 0 radical (unpaired) electrons. The molecule has 0 spiro atoms. The molecule has 2 heterocycles. The van der Waals surface area contributed by atoms with Gasteiger partial charge in [0.2, 0.25) is 11.8 Å². The zero-order valence-corrected chi connectivity index (χ0v) is 24.1. The van der Waals surface area contributed by atoms with E-state index in [1.807, 2.05) is 44.0 Å². The molecule has 1 fully saturated rings. The molecule has 0 aliphatic carbocycles. The van der Waals surface area contributed by atoms with Crippen LogP contribution >= 0.6 is 11.6 Å². The van der Waals surface area contributed by atoms with Crippen molar-refractivity contribution < 1.29 is 18.7 Å². The van der Waals surface area contributed by atoms with Gasteiger partial charge in [-0.05, 0) is 64.6 Å². The van der Waals surface area contributed by atoms with Crippen molar-refractivity contribution >= 4 is 29.1 Å². The van der Waals surface area contributed by atoms with Crippen LogP contribution in [0.5, 0.6) is 5.75 Å². The number of nitrogens with zero attached hydrogens (tertiary/aromatic N) is 3. The molecule has 212 valence electrons. The third kappa shape index (κ3) is 7.19. The molecule has 1 aliphatic rings. The van der Waals surface area contributed by atoms with Gasteiger partial charge in [0.05, 0.1) is 23.5 Å². The van der Waals surface area contributed by atoms with Gasteiger partial charge in [-0.15, -0.1) is 10.2 Å². The highest BCUT2D eigenvalue weighted by atomic mass is 35.5. The molecule has 2 aromatic carbocycles. The topological polar surface area (TPSA) is 122 Å². The van der Waals surface area contributed by atoms with Gasteiger partial charge in [0.1, 0.15) is 11.4 Å². The molecule has 1 aromatic heterocycles. The number of ether oxygens (including phenoxy) is 1. The molecule has 3 aromatic rings. The van der Waals surface area contributed by atoms with E-state index in [9.17, 15) is 9.59 Å². The second-order valence-electron chi connectivity index (χ2n) is 10.2. The van der Waals surface area contributed by atoms with E-state index in [0.29, 0.717) is 59.0 Å². The molecule has 0 bridgehead atoms. The Morgan fingerprint density at radius 2 is 1.88 bits per heavy atom. The lowest BCUT2D eigenvalue weighted by atomic mass is 9.88. The van der Waals surface area contributed by atoms with Crippen LogP contribution in [-0.4, -0.2) is 60.2 Å². The Morgan fingerprint density at radius 3 is 2.58 bits per heavy atom. The van der Waals surface area contributed by atoms with Crippen LogP contribution in [0.3, 0.4) is 0 Å². The maximum absolute atomic E-state index is 13.4. The molecule has 10 nitrogen and oxygen atoms in total. The number of carbonyl (C=O) groups is 2. The van der Waals surface area contributed by atoms with Crippen molar-refractivity contribution in [2.24, 2.45) is 5.92 Å². The first-order chi connectivity index (χ1) is 19.1. The number of carbonyl (C=O) groups excluding carboxylic acids is 2. The first kappa shape index (κ1) is 29.1. The number of hydrogen-bond donors (Lipinski definition) is 3. The van der Waals surface area contributed by atoms with Gasteiger partial charge in [-0.3, -0.25) is 9.59 Å². The smallest absolute Gasteiger partial charge is 0.273 e. The van der Waals surface area contributed by atoms with Crippen molar-refractivity contribution in [2.45, 2.75) is 39.2 Å². The highest BCUT2D eigenvalue weighted by Gasteiger charge is 2.35. The van der Waals surface area contributed by atoms with E-state index in [1.54, 1.807) is 44.3 Å². The van der Waals surface area contributed by atoms with E-state index in [2.05, 4.69) is 26.1 Å². The summed E-state index contributed by atoms with van der Waals surface area (Å²) in [6.45, 7) is 6.78. The van der Waals surface area contributed by atoms with Gasteiger partial charge < -0.3 is 30.0 Å². The lowest BCUT2D eigenvalue weighted by Gasteiger charge is -2.33. The molecule has 0 saturated carbocycles. The second-order valence-corrected chi connectivity index (χ2v) is 10.6. The van der Waals surface area contributed by atoms with Gasteiger partial charge in [0.15, 0.2) is 0 Å². The van der Waals surface area contributed by atoms with Crippen molar-refractivity contribution in [1.29, 1.82) is 0 Å². The average molecular weight is 567 g/mol. The van der Waals surface area contributed by atoms with Crippen molar-refractivity contribution in [2.75, 3.05) is 32.5 Å². The average Bonchev–Trinajstić information content (AvgIpc) is 3.42. The summed E-state index contributed by atoms with van der Waals surface area (Å²) in [5.74, 6) is 0.0741. The van der Waals surface area contributed by atoms with Crippen LogP contribution in [-0.2, 0) is 9.59 Å². The van der Waals surface area contributed by atoms with E-state index in [-0.39, 0.29) is 23.6 Å². The summed E-state index contributed by atoms with van der Waals surface area (Å²) >= 11 is 6.24. The summed E-state index contributed by atoms with van der Waals surface area (Å²) in [6, 6.07) is 14.4. The van der Waals surface area contributed by atoms with Gasteiger partial charge in [-0.1, -0.05) is 29.8 Å². The number of amides is 2. The Labute approximate surface area is 239 Å². The van der Waals surface area contributed by atoms with E-state index < -0.39 is 11.8 Å². The highest BCUT2D eigenvalue weighted by molar-refractivity contribution is 6.30. The molecule has 40 heavy (non-hydrogen) atoms. The molecule has 2 amide bonds. The van der Waals surface area contributed by atoms with Crippen LogP contribution in [0.25, 0.3) is 11.5 Å². The first-order valence-corrected chi connectivity index (χ1v) is 13.6. The molecule has 4 rings (SSSR count). The standard InChI is InChI=1S/C29H35ClN6O4/c1-17(2)39-24-12-11-21(30)14-23(24)29-35-34-28(40-29)20-13-19(15-36(5)16-20)26(37)33-25(18(3)31-4)27(38)32-22-9-7-6-8-10-22/h6-12,14,17,19-20,31H,13,15-16H2,1-5H3,(H,32,38)(H,33,37)/b25-18+/t19-,20+/m0/s1. The number of allylic oxidation sites excluding steroid dienone is 1. The number of para-hydroxylation sites is 1. The maximum atomic E-state index is 13.4. The van der Waals surface area contributed by atoms with Crippen LogP contribution in [0.1, 0.15) is 39.0 Å². The van der Waals surface area contributed by atoms with Crippen LogP contribution in [0.15, 0.2) is 64.3 Å². The minimum atomic E-state index is -0.408. The fourth-order valence-electron chi connectivity index (χ4n) is 4.61. The number of anilines is 1. The lowest BCUT2D eigenvalue weighted by Crippen LogP contribution is -2.45. The SMILES string of the molecule is CN/C(C)=C(/NC(=O)[C@H]1C[C@@H](c2nnc(-c3cc(Cl)ccc3OC(C)C)o2)CN(C)C1)C(=O)Nc1ccccc1. The van der Waals surface area contributed by atoms with Gasteiger partial charge in [-0.25, -0.2) is 0 Å². The van der Waals surface area contributed by atoms with Crippen LogP contribution in [0.2, 0.25) is 5.02 Å². The highest BCUT2D eigenvalue weighted by Crippen LogP contribution is 2.35. The molecule has 0 unspecified atom stereocenters. The van der Waals surface area contributed by atoms with Crippen molar-refractivity contribution in [1.82, 2.24) is 25.7 Å². The number of nitrogens with one attached hydrogen (secondary N) is 3. The first-order valence-electron chi connectivity index (χ1n) is 13.2. The summed E-state index contributed by atoms with van der Waals surface area (Å²) in [5, 5.41) is 17.8. The van der Waals surface area contributed by atoms with Crippen molar-refractivity contribution in [3.63, 3.8) is 0 Å². The summed E-state index contributed by atoms with van der Waals surface area (Å²) < 4.78 is 12.0. The van der Waals surface area contributed by atoms with Gasteiger partial charge in [0, 0.05) is 36.5 Å². The normalized spacial score (nSPS) is 18.2. The predicted molar refractivity (Wildman–Crippen MR) is 154 cm³/mol. The summed E-state index contributed by atoms with van der Waals surface area (Å²) in [5.41, 5.74) is 1.96. The third-order valence-electron chi connectivity index (χ3n) is 6.59. The number of hydrogen-bond acceptors (Lipinski definition) is 8. The zero-order chi connectivity index (χ0) is 28.8. The number of piperidine rings is 1. The van der Waals surface area contributed by atoms with Gasteiger partial charge >= 0.3 is 0 Å². The fourth-order valence-corrected chi connectivity index (χ4v) is 4.78. The number of aromatic nitrogens is 2. The number of rotatable bonds is 9. The Morgan fingerprint density at radius 1 is 1.12 bits per heavy atom. The summed E-state index contributed by atoms with van der Waals surface area (Å²) in [4.78, 5) is 28.5. The quantitative estimate of drug-likeness (QED) is 0.325. The zero-order valence-electron chi connectivity index (χ0n) is 23.3. The maximum Gasteiger partial charge on any atom is 0.273 e. The monoisotopic (exact) mass is 566 g/mol. The van der Waals surface area contributed by atoms with Gasteiger partial charge in [0.25, 0.3) is 11.8 Å². The van der Waals surface area contributed by atoms with Crippen LogP contribution < -0.4 is 20.7 Å². The molecule has 1 saturated heterocycles. The molecular formula is C29H35ClN6O4. The van der Waals surface area contributed by atoms with E-state index >= 15 is 0 Å². The predicted octanol–water partition coefficient (Wildman–Crippen LogP) is 4.42. The molecule has 3 N–H and O–H groups in total. The number of benzene rings is 2. The minimum Gasteiger partial charge on any atom is -0.490 e. The molecule has 2 atom stereocenters. The number of halogens is 1. The van der Waals surface area contributed by atoms with E-state index in [0.717, 1.165) is 0 Å². The van der Waals surface area contributed by atoms with Crippen LogP contribution in [0, 0.1) is 5.92 Å². The number of likely N-dealkylation sites (tertiary alicyclic amines) is 1. The molecular weight excluding hydrogens is 532 g/mol. The van der Waals surface area contributed by atoms with E-state index in [4.69, 9.17) is 20.8 Å². The summed E-state index contributed by atoms with van der Waals surface area (Å²) in [6.07, 6.45) is 0.434. The van der Waals surface area contributed by atoms with Crippen molar-refractivity contribution in [3.8, 4) is 17.2 Å². The Balaban J connectivity index is 1.50. The van der Waals surface area contributed by atoms with Crippen LogP contribution in [0.4, 0.5) is 5.69 Å². The summed E-state index contributed by atoms with van der Waals surface area (Å²) in [7, 11) is 3.64. The Hall–Kier alpha value is -3.89. The minimum absolute atomic E-state index is 0.0474. The lowest BCUT2D eigenvalue weighted by molar-refractivity contribution is -0.127. The largest absolute Gasteiger partial charge is 0.490 e. The van der Waals surface area contributed by atoms with Crippen molar-refractivity contribution in [3.05, 3.63) is 70.8 Å². The Bertz CT molecular complexity index is 1370. The fraction of sp³-hybridized carbons (Fsp3) is 0.379. The number of likely N-dealkylation sites (N-methyl/N-ethyl adjacent to an activating group) is 1. The van der Waals surface area contributed by atoms with E-state index in [1.165, 1.54) is 0 Å². The third-order valence-corrected chi connectivity index (χ3v) is 6.82. The molecule has 1 aliphatic heterocycles.